The lowest BCUT2D eigenvalue weighted by Gasteiger charge is -2.21. The fourth-order valence-corrected chi connectivity index (χ4v) is 1.30. The van der Waals surface area contributed by atoms with Crippen LogP contribution in [0.15, 0.2) is 18.2 Å². The van der Waals surface area contributed by atoms with Crippen molar-refractivity contribution < 1.29 is 24.5 Å². The zero-order valence-corrected chi connectivity index (χ0v) is 10.1. The molecule has 0 saturated carbocycles. The topological polar surface area (TPSA) is 126 Å². The summed E-state index contributed by atoms with van der Waals surface area (Å²) in [5.74, 6) is 2.70. The van der Waals surface area contributed by atoms with Crippen LogP contribution in [0.3, 0.4) is 0 Å². The first-order valence-electron chi connectivity index (χ1n) is 5.15. The maximum atomic E-state index is 9.10. The first kappa shape index (κ1) is 14.5. The number of nitrogens with zero attached hydrogens (tertiary/aromatic N) is 2. The highest BCUT2D eigenvalue weighted by atomic mass is 16.5. The molecule has 1 aromatic heterocycles. The van der Waals surface area contributed by atoms with Crippen LogP contribution in [-0.2, 0) is 9.59 Å². The lowest BCUT2D eigenvalue weighted by atomic mass is 10.2. The smallest absolute Gasteiger partial charge is 0.414 e. The number of nitrogens with two attached hydrogens (primary N) is 1. The van der Waals surface area contributed by atoms with E-state index in [9.17, 15) is 0 Å². The largest absolute Gasteiger partial charge is 0.481 e. The van der Waals surface area contributed by atoms with E-state index in [4.69, 9.17) is 30.4 Å². The van der Waals surface area contributed by atoms with E-state index in [1.54, 1.807) is 18.2 Å². The molecular formula is C11H13N3O5. The summed E-state index contributed by atoms with van der Waals surface area (Å²) in [4.78, 5) is 22.5. The fraction of sp³-hybridized carbons (Fsp3) is 0.182. The average molecular weight is 267 g/mol. The molecule has 0 atom stereocenters. The number of hydrogen-bond donors (Lipinski definition) is 3. The Kier molecular flexibility index (Phi) is 4.84. The van der Waals surface area contributed by atoms with E-state index in [1.807, 2.05) is 18.2 Å². The molecule has 1 aromatic rings. The van der Waals surface area contributed by atoms with Gasteiger partial charge in [0.15, 0.2) is 0 Å². The van der Waals surface area contributed by atoms with Gasteiger partial charge >= 0.3 is 11.9 Å². The quantitative estimate of drug-likeness (QED) is 0.477. The fourth-order valence-electron chi connectivity index (χ4n) is 1.30. The lowest BCUT2D eigenvalue weighted by Crippen LogP contribution is -2.33. The monoisotopic (exact) mass is 267 g/mol. The Bertz CT molecular complexity index is 503. The molecular weight excluding hydrogens is 254 g/mol. The van der Waals surface area contributed by atoms with Gasteiger partial charge in [-0.15, -0.1) is 0 Å². The number of methoxy groups -OCH3 is 1. The molecule has 8 heteroatoms. The van der Waals surface area contributed by atoms with Crippen LogP contribution in [0.5, 0.6) is 5.88 Å². The van der Waals surface area contributed by atoms with E-state index in [1.165, 1.54) is 0 Å². The molecule has 0 fully saturated rings. The van der Waals surface area contributed by atoms with Gasteiger partial charge in [0.25, 0.3) is 0 Å². The zero-order valence-electron chi connectivity index (χ0n) is 10.1. The van der Waals surface area contributed by atoms with Crippen molar-refractivity contribution in [2.24, 2.45) is 5.84 Å². The van der Waals surface area contributed by atoms with Crippen molar-refractivity contribution in [2.75, 3.05) is 18.7 Å². The van der Waals surface area contributed by atoms with Crippen LogP contribution in [-0.4, -0.2) is 40.8 Å². The first-order valence-corrected chi connectivity index (χ1v) is 5.15. The Morgan fingerprint density at radius 1 is 1.37 bits per heavy atom. The van der Waals surface area contributed by atoms with Crippen LogP contribution in [0.25, 0.3) is 6.08 Å². The van der Waals surface area contributed by atoms with Gasteiger partial charge in [-0.1, -0.05) is 6.08 Å². The third-order valence-corrected chi connectivity index (χ3v) is 2.16. The summed E-state index contributed by atoms with van der Waals surface area (Å²) in [6, 6.07) is 3.71. The van der Waals surface area contributed by atoms with Crippen LogP contribution in [0.2, 0.25) is 0 Å². The molecule has 0 spiro atoms. The number of rotatable bonds is 1. The number of carbonyl (C=O) groups is 2. The van der Waals surface area contributed by atoms with Gasteiger partial charge in [-0.2, -0.15) is 0 Å². The molecule has 0 bridgehead atoms. The number of hydrogen-bond acceptors (Lipinski definition) is 6. The summed E-state index contributed by atoms with van der Waals surface area (Å²) < 4.78 is 5.01. The number of ether oxygens (including phenoxy) is 1. The molecule has 0 saturated heterocycles. The van der Waals surface area contributed by atoms with Gasteiger partial charge in [0, 0.05) is 6.07 Å². The van der Waals surface area contributed by atoms with Crippen LogP contribution in [0.4, 0.5) is 5.69 Å². The number of carboxylic acid groups (broad SMARTS) is 2. The van der Waals surface area contributed by atoms with Crippen molar-refractivity contribution >= 4 is 23.7 Å². The highest BCUT2D eigenvalue weighted by molar-refractivity contribution is 6.27. The predicted molar refractivity (Wildman–Crippen MR) is 66.6 cm³/mol. The molecule has 1 aliphatic rings. The Labute approximate surface area is 108 Å². The normalized spacial score (nSPS) is 12.0. The summed E-state index contributed by atoms with van der Waals surface area (Å²) >= 11 is 0. The summed E-state index contributed by atoms with van der Waals surface area (Å²) in [5.41, 5.74) is 1.79. The van der Waals surface area contributed by atoms with Crippen molar-refractivity contribution in [2.45, 2.75) is 0 Å². The van der Waals surface area contributed by atoms with E-state index in [0.29, 0.717) is 5.88 Å². The molecule has 19 heavy (non-hydrogen) atoms. The molecule has 8 nitrogen and oxygen atoms in total. The van der Waals surface area contributed by atoms with Crippen molar-refractivity contribution in [1.29, 1.82) is 0 Å². The van der Waals surface area contributed by atoms with Gasteiger partial charge < -0.3 is 20.0 Å². The number of fused-ring (bicyclic) bond motifs is 1. The second-order valence-electron chi connectivity index (χ2n) is 3.42. The third-order valence-electron chi connectivity index (χ3n) is 2.16. The summed E-state index contributed by atoms with van der Waals surface area (Å²) in [5, 5.41) is 16.4. The molecule has 1 aliphatic heterocycles. The SMILES string of the molecule is COc1ccc2c(n1)C=CCN2N.O=C(O)C(=O)O. The molecule has 0 radical (unpaired) electrons. The molecule has 102 valence electrons. The van der Waals surface area contributed by atoms with E-state index >= 15 is 0 Å². The summed E-state index contributed by atoms with van der Waals surface area (Å²) in [7, 11) is 1.60. The van der Waals surface area contributed by atoms with E-state index in [2.05, 4.69) is 4.98 Å². The van der Waals surface area contributed by atoms with Crippen LogP contribution < -0.4 is 15.6 Å². The Morgan fingerprint density at radius 3 is 2.53 bits per heavy atom. The number of aromatic nitrogens is 1. The number of hydrazine groups is 1. The van der Waals surface area contributed by atoms with Crippen LogP contribution in [0.1, 0.15) is 5.69 Å². The molecule has 2 heterocycles. The number of aliphatic carboxylic acids is 2. The first-order chi connectivity index (χ1) is 8.95. The number of anilines is 1. The molecule has 0 amide bonds. The van der Waals surface area contributed by atoms with Gasteiger partial charge in [0.05, 0.1) is 25.0 Å². The Balaban J connectivity index is 0.000000258. The molecule has 0 aliphatic carbocycles. The highest BCUT2D eigenvalue weighted by Gasteiger charge is 2.11. The van der Waals surface area contributed by atoms with Crippen molar-refractivity contribution in [3.63, 3.8) is 0 Å². The van der Waals surface area contributed by atoms with Crippen molar-refractivity contribution in [3.8, 4) is 5.88 Å². The highest BCUT2D eigenvalue weighted by Crippen LogP contribution is 2.23. The maximum absolute atomic E-state index is 9.10. The number of carboxylic acids is 2. The molecule has 0 aromatic carbocycles. The summed E-state index contributed by atoms with van der Waals surface area (Å²) in [6.45, 7) is 0.723. The Hall–Kier alpha value is -2.61. The second kappa shape index (κ2) is 6.36. The van der Waals surface area contributed by atoms with Crippen LogP contribution >= 0.6 is 0 Å². The lowest BCUT2D eigenvalue weighted by molar-refractivity contribution is -0.159. The van der Waals surface area contributed by atoms with Gasteiger partial charge in [0.2, 0.25) is 5.88 Å². The second-order valence-corrected chi connectivity index (χ2v) is 3.42. The predicted octanol–water partition coefficient (Wildman–Crippen LogP) is -0.0473. The average Bonchev–Trinajstić information content (AvgIpc) is 2.39. The third kappa shape index (κ3) is 3.96. The minimum Gasteiger partial charge on any atom is -0.481 e. The number of pyridine rings is 1. The maximum Gasteiger partial charge on any atom is 0.414 e. The minimum absolute atomic E-state index is 0.610. The van der Waals surface area contributed by atoms with Crippen molar-refractivity contribution in [1.82, 2.24) is 4.98 Å². The standard InChI is InChI=1S/C9H11N3O.C2H2O4/c1-13-9-5-4-8-7(11-9)3-2-6-12(8)10;3-1(4)2(5)6/h2-5H,6,10H2,1H3;(H,3,4)(H,5,6). The molecule has 0 unspecified atom stereocenters. The van der Waals surface area contributed by atoms with E-state index in [-0.39, 0.29) is 0 Å². The van der Waals surface area contributed by atoms with E-state index in [0.717, 1.165) is 17.9 Å². The minimum atomic E-state index is -1.82. The van der Waals surface area contributed by atoms with Crippen molar-refractivity contribution in [3.05, 3.63) is 23.9 Å². The van der Waals surface area contributed by atoms with Gasteiger partial charge in [-0.3, -0.25) is 0 Å². The van der Waals surface area contributed by atoms with Gasteiger partial charge in [-0.25, -0.2) is 20.4 Å². The van der Waals surface area contributed by atoms with E-state index < -0.39 is 11.9 Å². The van der Waals surface area contributed by atoms with Gasteiger partial charge in [0.1, 0.15) is 0 Å². The molecule has 4 N–H and O–H groups in total. The van der Waals surface area contributed by atoms with Gasteiger partial charge in [-0.05, 0) is 12.1 Å². The summed E-state index contributed by atoms with van der Waals surface area (Å²) in [6.07, 6.45) is 3.91. The van der Waals surface area contributed by atoms with Crippen LogP contribution in [0, 0.1) is 0 Å². The Morgan fingerprint density at radius 2 is 2.00 bits per heavy atom. The zero-order chi connectivity index (χ0) is 14.4. The molecule has 2 rings (SSSR count).